The normalized spacial score (nSPS) is 27.0. The number of hydrazine groups is 1. The monoisotopic (exact) mass is 318 g/mol. The largest absolute Gasteiger partial charge is 0.272 e. The number of nitrogens with zero attached hydrogens (tertiary/aromatic N) is 1. The average molecular weight is 319 g/mol. The number of nitrogens with one attached hydrogen (secondary N) is 1. The number of rotatable bonds is 2. The van der Waals surface area contributed by atoms with Crippen LogP contribution in [0, 0.1) is 17.8 Å². The molecular weight excluding hydrogens is 304 g/mol. The van der Waals surface area contributed by atoms with E-state index in [1.807, 2.05) is 19.1 Å². The van der Waals surface area contributed by atoms with Crippen molar-refractivity contribution in [2.24, 2.45) is 17.8 Å². The first-order valence-corrected chi connectivity index (χ1v) is 7.48. The second kappa shape index (κ2) is 5.57. The highest BCUT2D eigenvalue weighted by atomic mass is 35.5. The van der Waals surface area contributed by atoms with Crippen LogP contribution in [0.25, 0.3) is 0 Å². The molecule has 2 aliphatic rings. The summed E-state index contributed by atoms with van der Waals surface area (Å²) >= 11 is 5.77. The van der Waals surface area contributed by atoms with Crippen molar-refractivity contribution in [3.63, 3.8) is 0 Å². The first-order valence-electron chi connectivity index (χ1n) is 7.10. The van der Waals surface area contributed by atoms with Crippen LogP contribution in [0.4, 0.5) is 0 Å². The van der Waals surface area contributed by atoms with Crippen molar-refractivity contribution in [2.75, 3.05) is 0 Å². The summed E-state index contributed by atoms with van der Waals surface area (Å²) in [5.41, 5.74) is 2.75. The van der Waals surface area contributed by atoms with Crippen molar-refractivity contribution in [1.82, 2.24) is 10.4 Å². The van der Waals surface area contributed by atoms with Gasteiger partial charge in [-0.15, -0.1) is 0 Å². The van der Waals surface area contributed by atoms with Gasteiger partial charge in [0, 0.05) is 10.6 Å². The molecule has 3 amide bonds. The second-order valence-corrected chi connectivity index (χ2v) is 6.05. The van der Waals surface area contributed by atoms with E-state index in [1.54, 1.807) is 24.3 Å². The maximum absolute atomic E-state index is 12.4. The van der Waals surface area contributed by atoms with E-state index in [0.717, 1.165) is 5.01 Å². The molecule has 1 aliphatic carbocycles. The van der Waals surface area contributed by atoms with E-state index in [1.165, 1.54) is 0 Å². The Morgan fingerprint density at radius 3 is 2.55 bits per heavy atom. The Morgan fingerprint density at radius 2 is 1.91 bits per heavy atom. The van der Waals surface area contributed by atoms with E-state index in [0.29, 0.717) is 17.0 Å². The van der Waals surface area contributed by atoms with Crippen LogP contribution in [0.15, 0.2) is 36.4 Å². The van der Waals surface area contributed by atoms with Gasteiger partial charge in [0.2, 0.25) is 0 Å². The summed E-state index contributed by atoms with van der Waals surface area (Å²) in [7, 11) is 0. The predicted octanol–water partition coefficient (Wildman–Crippen LogP) is 2.18. The van der Waals surface area contributed by atoms with Crippen LogP contribution >= 0.6 is 11.6 Å². The van der Waals surface area contributed by atoms with Crippen molar-refractivity contribution >= 4 is 29.3 Å². The zero-order valence-corrected chi connectivity index (χ0v) is 12.7. The molecule has 1 aromatic rings. The summed E-state index contributed by atoms with van der Waals surface area (Å²) in [6.45, 7) is 1.91. The van der Waals surface area contributed by atoms with Crippen LogP contribution < -0.4 is 5.43 Å². The lowest BCUT2D eigenvalue weighted by Crippen LogP contribution is -2.46. The Morgan fingerprint density at radius 1 is 1.23 bits per heavy atom. The third-order valence-electron chi connectivity index (χ3n) is 4.19. The van der Waals surface area contributed by atoms with E-state index in [-0.39, 0.29) is 29.6 Å². The number of fused-ring (bicyclic) bond motifs is 1. The molecule has 114 valence electrons. The van der Waals surface area contributed by atoms with Crippen molar-refractivity contribution < 1.29 is 14.4 Å². The number of carbonyl (C=O) groups excluding carboxylic acids is 3. The summed E-state index contributed by atoms with van der Waals surface area (Å²) in [4.78, 5) is 36.9. The average Bonchev–Trinajstić information content (AvgIpc) is 2.74. The molecule has 5 nitrogen and oxygen atoms in total. The van der Waals surface area contributed by atoms with Gasteiger partial charge in [-0.05, 0) is 36.6 Å². The fraction of sp³-hybridized carbons (Fsp3) is 0.312. The first kappa shape index (κ1) is 14.8. The molecule has 3 rings (SSSR count). The number of carbonyl (C=O) groups is 3. The molecule has 1 saturated heterocycles. The maximum Gasteiger partial charge on any atom is 0.270 e. The Hall–Kier alpha value is -2.14. The number of hydrogen-bond acceptors (Lipinski definition) is 3. The van der Waals surface area contributed by atoms with Crippen molar-refractivity contribution in [2.45, 2.75) is 13.3 Å². The molecule has 1 aliphatic heterocycles. The van der Waals surface area contributed by atoms with Gasteiger partial charge in [-0.3, -0.25) is 19.8 Å². The highest BCUT2D eigenvalue weighted by Gasteiger charge is 2.50. The molecule has 1 aromatic carbocycles. The summed E-state index contributed by atoms with van der Waals surface area (Å²) in [6, 6.07) is 6.24. The molecule has 0 saturated carbocycles. The molecule has 6 heteroatoms. The number of imide groups is 1. The van der Waals surface area contributed by atoms with E-state index in [9.17, 15) is 14.4 Å². The van der Waals surface area contributed by atoms with Gasteiger partial charge in [0.15, 0.2) is 0 Å². The van der Waals surface area contributed by atoms with E-state index in [4.69, 9.17) is 11.6 Å². The van der Waals surface area contributed by atoms with Crippen LogP contribution in [0.3, 0.4) is 0 Å². The summed E-state index contributed by atoms with van der Waals surface area (Å²) in [6.07, 6.45) is 4.39. The molecular formula is C16H15ClN2O3. The standard InChI is InChI=1S/C16H15ClN2O3/c1-9-3-2-4-12-13(9)16(22)19(15(12)21)18-14(20)10-5-7-11(17)8-6-10/h2-3,5-9,12-13H,4H2,1H3,(H,18,20)/t9-,12+,13+/m1/s1. The van der Waals surface area contributed by atoms with Crippen molar-refractivity contribution in [3.8, 4) is 0 Å². The molecule has 0 bridgehead atoms. The maximum atomic E-state index is 12.4. The van der Waals surface area contributed by atoms with Gasteiger partial charge >= 0.3 is 0 Å². The number of allylic oxidation sites excluding steroid dienone is 2. The number of halogens is 1. The highest BCUT2D eigenvalue weighted by molar-refractivity contribution is 6.30. The first-order chi connectivity index (χ1) is 10.5. The van der Waals surface area contributed by atoms with Crippen molar-refractivity contribution in [1.29, 1.82) is 0 Å². The Labute approximate surface area is 132 Å². The van der Waals surface area contributed by atoms with E-state index >= 15 is 0 Å². The van der Waals surface area contributed by atoms with Gasteiger partial charge in [-0.1, -0.05) is 30.7 Å². The SMILES string of the molecule is C[C@@H]1C=CC[C@@H]2C(=O)N(NC(=O)c3ccc(Cl)cc3)C(=O)[C@@H]12. The Kier molecular flexibility index (Phi) is 3.74. The van der Waals surface area contributed by atoms with Crippen molar-refractivity contribution in [3.05, 3.63) is 47.0 Å². The minimum Gasteiger partial charge on any atom is -0.272 e. The minimum absolute atomic E-state index is 0.00682. The molecule has 1 heterocycles. The molecule has 1 fully saturated rings. The second-order valence-electron chi connectivity index (χ2n) is 5.61. The van der Waals surface area contributed by atoms with Crippen LogP contribution in [0.1, 0.15) is 23.7 Å². The van der Waals surface area contributed by atoms with Crippen LogP contribution in [0.2, 0.25) is 5.02 Å². The molecule has 0 aromatic heterocycles. The summed E-state index contributed by atoms with van der Waals surface area (Å²) in [5.74, 6) is -1.95. The Bertz CT molecular complexity index is 668. The number of amides is 3. The third-order valence-corrected chi connectivity index (χ3v) is 4.44. The zero-order chi connectivity index (χ0) is 15.9. The van der Waals surface area contributed by atoms with Crippen LogP contribution in [-0.2, 0) is 9.59 Å². The van der Waals surface area contributed by atoms with Gasteiger partial charge in [-0.25, -0.2) is 0 Å². The molecule has 0 spiro atoms. The van der Waals surface area contributed by atoms with Gasteiger partial charge in [-0.2, -0.15) is 5.01 Å². The summed E-state index contributed by atoms with van der Waals surface area (Å²) in [5, 5.41) is 1.38. The molecule has 0 unspecified atom stereocenters. The van der Waals surface area contributed by atoms with E-state index in [2.05, 4.69) is 5.43 Å². The molecule has 3 atom stereocenters. The fourth-order valence-electron chi connectivity index (χ4n) is 3.03. The number of hydrogen-bond donors (Lipinski definition) is 1. The summed E-state index contributed by atoms with van der Waals surface area (Å²) < 4.78 is 0. The van der Waals surface area contributed by atoms with Gasteiger partial charge in [0.05, 0.1) is 11.8 Å². The van der Waals surface area contributed by atoms with Crippen LogP contribution in [0.5, 0.6) is 0 Å². The molecule has 22 heavy (non-hydrogen) atoms. The fourth-order valence-corrected chi connectivity index (χ4v) is 3.15. The van der Waals surface area contributed by atoms with E-state index < -0.39 is 5.91 Å². The smallest absolute Gasteiger partial charge is 0.270 e. The lowest BCUT2D eigenvalue weighted by atomic mass is 9.78. The minimum atomic E-state index is -0.502. The number of benzene rings is 1. The third kappa shape index (κ3) is 2.41. The van der Waals surface area contributed by atoms with Gasteiger partial charge in [0.25, 0.3) is 17.7 Å². The predicted molar refractivity (Wildman–Crippen MR) is 80.7 cm³/mol. The zero-order valence-electron chi connectivity index (χ0n) is 12.0. The quantitative estimate of drug-likeness (QED) is 0.671. The van der Waals surface area contributed by atoms with Gasteiger partial charge in [0.1, 0.15) is 0 Å². The molecule has 0 radical (unpaired) electrons. The van der Waals surface area contributed by atoms with Gasteiger partial charge < -0.3 is 0 Å². The molecule has 1 N–H and O–H groups in total. The lowest BCUT2D eigenvalue weighted by molar-refractivity contribution is -0.142. The Balaban J connectivity index is 1.78. The lowest BCUT2D eigenvalue weighted by Gasteiger charge is -2.22. The van der Waals surface area contributed by atoms with Crippen LogP contribution in [-0.4, -0.2) is 22.7 Å². The highest BCUT2D eigenvalue weighted by Crippen LogP contribution is 2.37. The topological polar surface area (TPSA) is 66.5 Å².